The van der Waals surface area contributed by atoms with Gasteiger partial charge in [-0.25, -0.2) is 4.98 Å². The van der Waals surface area contributed by atoms with E-state index in [2.05, 4.69) is 45.6 Å². The average Bonchev–Trinajstić information content (AvgIpc) is 3.23. The highest BCUT2D eigenvalue weighted by Gasteiger charge is 2.24. The van der Waals surface area contributed by atoms with Crippen LogP contribution in [0, 0.1) is 6.92 Å². The van der Waals surface area contributed by atoms with Crippen LogP contribution in [0.25, 0.3) is 5.69 Å². The van der Waals surface area contributed by atoms with Gasteiger partial charge in [0.2, 0.25) is 5.95 Å². The minimum absolute atomic E-state index is 0.0562. The summed E-state index contributed by atoms with van der Waals surface area (Å²) < 4.78 is 7.65. The molecule has 0 aliphatic carbocycles. The Kier molecular flexibility index (Phi) is 6.16. The summed E-state index contributed by atoms with van der Waals surface area (Å²) in [5, 5.41) is 0.918. The maximum absolute atomic E-state index is 12.6. The predicted octanol–water partition coefficient (Wildman–Crippen LogP) is 4.22. The van der Waals surface area contributed by atoms with Crippen LogP contribution >= 0.6 is 23.2 Å². The van der Waals surface area contributed by atoms with Crippen LogP contribution in [-0.4, -0.2) is 53.1 Å². The van der Waals surface area contributed by atoms with E-state index < -0.39 is 0 Å². The first kappa shape index (κ1) is 20.6. The second-order valence-electron chi connectivity index (χ2n) is 7.16. The topological polar surface area (TPSA) is 50.6 Å². The van der Waals surface area contributed by atoms with Crippen molar-refractivity contribution < 1.29 is 9.53 Å². The predicted molar refractivity (Wildman–Crippen MR) is 119 cm³/mol. The molecule has 0 unspecified atom stereocenters. The van der Waals surface area contributed by atoms with Crippen LogP contribution in [0.5, 0.6) is 5.75 Å². The molecule has 156 valence electrons. The molecule has 1 aliphatic heterocycles. The Morgan fingerprint density at radius 3 is 2.50 bits per heavy atom. The molecule has 2 heterocycles. The largest absolute Gasteiger partial charge is 0.482 e. The molecule has 0 N–H and O–H groups in total. The molecule has 0 spiro atoms. The van der Waals surface area contributed by atoms with Crippen LogP contribution in [0.4, 0.5) is 5.95 Å². The number of halogens is 2. The lowest BCUT2D eigenvalue weighted by Gasteiger charge is -2.35. The van der Waals surface area contributed by atoms with E-state index in [1.165, 1.54) is 5.56 Å². The fourth-order valence-electron chi connectivity index (χ4n) is 3.42. The summed E-state index contributed by atoms with van der Waals surface area (Å²) in [5.74, 6) is 1.27. The molecule has 1 aliphatic rings. The van der Waals surface area contributed by atoms with Gasteiger partial charge < -0.3 is 14.5 Å². The molecule has 0 radical (unpaired) electrons. The molecule has 8 heteroatoms. The Hall–Kier alpha value is -2.70. The van der Waals surface area contributed by atoms with E-state index in [0.29, 0.717) is 42.0 Å². The number of benzene rings is 2. The molecule has 4 rings (SSSR count). The van der Waals surface area contributed by atoms with Crippen LogP contribution in [0.15, 0.2) is 54.9 Å². The fourth-order valence-corrected chi connectivity index (χ4v) is 3.88. The van der Waals surface area contributed by atoms with Gasteiger partial charge in [-0.2, -0.15) is 0 Å². The highest BCUT2D eigenvalue weighted by Crippen LogP contribution is 2.27. The molecular weight excluding hydrogens is 423 g/mol. The molecule has 0 saturated carbocycles. The van der Waals surface area contributed by atoms with Crippen molar-refractivity contribution in [1.82, 2.24) is 14.5 Å². The highest BCUT2D eigenvalue weighted by atomic mass is 35.5. The van der Waals surface area contributed by atoms with Gasteiger partial charge in [0.05, 0.1) is 5.02 Å². The maximum atomic E-state index is 12.6. The average molecular weight is 445 g/mol. The number of aryl methyl sites for hydroxylation is 1. The summed E-state index contributed by atoms with van der Waals surface area (Å²) in [6, 6.07) is 13.3. The molecule has 2 aromatic carbocycles. The maximum Gasteiger partial charge on any atom is 0.260 e. The third-order valence-electron chi connectivity index (χ3n) is 5.09. The van der Waals surface area contributed by atoms with Crippen LogP contribution in [-0.2, 0) is 4.79 Å². The van der Waals surface area contributed by atoms with Crippen molar-refractivity contribution in [2.45, 2.75) is 6.92 Å². The number of imidazole rings is 1. The van der Waals surface area contributed by atoms with Gasteiger partial charge in [-0.15, -0.1) is 0 Å². The number of ether oxygens (including phenoxy) is 1. The summed E-state index contributed by atoms with van der Waals surface area (Å²) in [5.41, 5.74) is 2.29. The van der Waals surface area contributed by atoms with Crippen LogP contribution in [0.2, 0.25) is 10.0 Å². The number of carbonyl (C=O) groups is 1. The van der Waals surface area contributed by atoms with E-state index in [9.17, 15) is 4.79 Å². The molecular formula is C22H22Cl2N4O2. The van der Waals surface area contributed by atoms with Crippen molar-refractivity contribution in [3.05, 3.63) is 70.5 Å². The summed E-state index contributed by atoms with van der Waals surface area (Å²) in [6.45, 7) is 4.64. The van der Waals surface area contributed by atoms with Crippen molar-refractivity contribution in [2.24, 2.45) is 0 Å². The molecule has 3 aromatic rings. The van der Waals surface area contributed by atoms with Crippen LogP contribution < -0.4 is 9.64 Å². The number of hydrogen-bond acceptors (Lipinski definition) is 4. The van der Waals surface area contributed by atoms with Crippen LogP contribution in [0.3, 0.4) is 0 Å². The Bertz CT molecular complexity index is 1030. The zero-order valence-corrected chi connectivity index (χ0v) is 18.1. The minimum Gasteiger partial charge on any atom is -0.482 e. The van der Waals surface area contributed by atoms with E-state index in [-0.39, 0.29) is 12.5 Å². The quantitative estimate of drug-likeness (QED) is 0.591. The number of anilines is 1. The Morgan fingerprint density at radius 1 is 1.07 bits per heavy atom. The van der Waals surface area contributed by atoms with Gasteiger partial charge in [-0.3, -0.25) is 9.36 Å². The first-order valence-corrected chi connectivity index (χ1v) is 10.5. The number of carbonyl (C=O) groups excluding carboxylic acids is 1. The van der Waals surface area contributed by atoms with Gasteiger partial charge in [0.25, 0.3) is 5.91 Å². The minimum atomic E-state index is -0.0671. The van der Waals surface area contributed by atoms with Gasteiger partial charge in [-0.05, 0) is 37.3 Å². The Balaban J connectivity index is 1.34. The molecule has 30 heavy (non-hydrogen) atoms. The van der Waals surface area contributed by atoms with Crippen molar-refractivity contribution >= 4 is 35.1 Å². The number of nitrogens with zero attached hydrogens (tertiary/aromatic N) is 4. The zero-order valence-electron chi connectivity index (χ0n) is 16.6. The first-order chi connectivity index (χ1) is 14.5. The van der Waals surface area contributed by atoms with Crippen molar-refractivity contribution in [3.63, 3.8) is 0 Å². The number of aromatic nitrogens is 2. The first-order valence-electron chi connectivity index (χ1n) is 9.72. The summed E-state index contributed by atoms with van der Waals surface area (Å²) in [6.07, 6.45) is 3.76. The second-order valence-corrected chi connectivity index (χ2v) is 8.01. The van der Waals surface area contributed by atoms with E-state index in [1.54, 1.807) is 29.3 Å². The van der Waals surface area contributed by atoms with E-state index in [0.717, 1.165) is 11.6 Å². The van der Waals surface area contributed by atoms with Crippen molar-refractivity contribution in [2.75, 3.05) is 37.7 Å². The van der Waals surface area contributed by atoms with E-state index in [1.807, 2.05) is 6.20 Å². The number of hydrogen-bond donors (Lipinski definition) is 0. The third kappa shape index (κ3) is 4.55. The van der Waals surface area contributed by atoms with Gasteiger partial charge in [0.1, 0.15) is 5.75 Å². The van der Waals surface area contributed by atoms with Gasteiger partial charge >= 0.3 is 0 Å². The molecule has 1 aromatic heterocycles. The molecule has 1 fully saturated rings. The summed E-state index contributed by atoms with van der Waals surface area (Å²) >= 11 is 12.0. The second kappa shape index (κ2) is 8.98. The lowest BCUT2D eigenvalue weighted by atomic mass is 10.2. The van der Waals surface area contributed by atoms with Gasteiger partial charge in [0, 0.05) is 49.3 Å². The number of amides is 1. The van der Waals surface area contributed by atoms with Gasteiger partial charge in [-0.1, -0.05) is 40.9 Å². The summed E-state index contributed by atoms with van der Waals surface area (Å²) in [7, 11) is 0. The molecule has 0 atom stereocenters. The van der Waals surface area contributed by atoms with Crippen molar-refractivity contribution in [1.29, 1.82) is 0 Å². The Morgan fingerprint density at radius 2 is 1.80 bits per heavy atom. The molecule has 0 bridgehead atoms. The number of piperazine rings is 1. The highest BCUT2D eigenvalue weighted by molar-refractivity contribution is 6.35. The molecule has 6 nitrogen and oxygen atoms in total. The summed E-state index contributed by atoms with van der Waals surface area (Å²) in [4.78, 5) is 21.1. The lowest BCUT2D eigenvalue weighted by molar-refractivity contribution is -0.133. The lowest BCUT2D eigenvalue weighted by Crippen LogP contribution is -2.50. The monoisotopic (exact) mass is 444 g/mol. The molecule has 1 amide bonds. The number of rotatable bonds is 5. The SMILES string of the molecule is Cc1ccc(-n2ccnc2N2CCN(C(=O)COc3ccc(Cl)cc3Cl)CC2)cc1. The van der Waals surface area contributed by atoms with Crippen molar-refractivity contribution in [3.8, 4) is 11.4 Å². The van der Waals surface area contributed by atoms with E-state index >= 15 is 0 Å². The fraction of sp³-hybridized carbons (Fsp3) is 0.273. The Labute approximate surface area is 185 Å². The standard InChI is InChI=1S/C22H22Cl2N4O2/c1-16-2-5-18(6-3-16)28-9-8-25-22(28)27-12-10-26(11-13-27)21(29)15-30-20-7-4-17(23)14-19(20)24/h2-9,14H,10-13,15H2,1H3. The van der Waals surface area contributed by atoms with E-state index in [4.69, 9.17) is 27.9 Å². The van der Waals surface area contributed by atoms with Crippen LogP contribution in [0.1, 0.15) is 5.56 Å². The molecule has 1 saturated heterocycles. The third-order valence-corrected chi connectivity index (χ3v) is 5.62. The smallest absolute Gasteiger partial charge is 0.260 e. The zero-order chi connectivity index (χ0) is 21.1. The van der Waals surface area contributed by atoms with Gasteiger partial charge in [0.15, 0.2) is 6.61 Å². The normalized spacial score (nSPS) is 14.1.